The molecule has 0 saturated heterocycles. The Morgan fingerprint density at radius 1 is 0.473 bits per heavy atom. The van der Waals surface area contributed by atoms with Gasteiger partial charge in [0.15, 0.2) is 5.84 Å². The second kappa shape index (κ2) is 14.2. The number of benzene rings is 8. The SMILES string of the molecule is CC1(C)c2ccccc2-c2cccc(-c3ccc(/C=C/C(=NC(=N)c4ccccc4)c4cc(-c5ccccc5)cc(-c5ccccc5)c4)c4ccccc34)c21. The number of aliphatic imine (C=N–C) groups is 1. The molecule has 0 unspecified atom stereocenters. The highest BCUT2D eigenvalue weighted by atomic mass is 14.8. The van der Waals surface area contributed by atoms with Crippen LogP contribution in [0.5, 0.6) is 0 Å². The second-order valence-electron chi connectivity index (χ2n) is 14.7. The third-order valence-electron chi connectivity index (χ3n) is 11.0. The molecule has 262 valence electrons. The van der Waals surface area contributed by atoms with Crippen LogP contribution in [-0.2, 0) is 5.41 Å². The second-order valence-corrected chi connectivity index (χ2v) is 14.7. The Kier molecular flexibility index (Phi) is 8.72. The van der Waals surface area contributed by atoms with Crippen LogP contribution in [0.15, 0.2) is 199 Å². The van der Waals surface area contributed by atoms with E-state index in [4.69, 9.17) is 10.4 Å². The van der Waals surface area contributed by atoms with Crippen LogP contribution in [0.1, 0.15) is 41.7 Å². The van der Waals surface area contributed by atoms with Gasteiger partial charge in [0, 0.05) is 16.5 Å². The van der Waals surface area contributed by atoms with Gasteiger partial charge in [-0.3, -0.25) is 5.41 Å². The summed E-state index contributed by atoms with van der Waals surface area (Å²) in [7, 11) is 0. The average molecular weight is 705 g/mol. The molecule has 1 N–H and O–H groups in total. The van der Waals surface area contributed by atoms with Gasteiger partial charge in [-0.25, -0.2) is 4.99 Å². The van der Waals surface area contributed by atoms with Gasteiger partial charge >= 0.3 is 0 Å². The Bertz CT molecular complexity index is 2720. The molecule has 2 heteroatoms. The van der Waals surface area contributed by atoms with Gasteiger partial charge in [-0.15, -0.1) is 0 Å². The zero-order valence-corrected chi connectivity index (χ0v) is 31.0. The zero-order valence-electron chi connectivity index (χ0n) is 31.0. The third-order valence-corrected chi connectivity index (χ3v) is 11.0. The lowest BCUT2D eigenvalue weighted by Gasteiger charge is -2.25. The van der Waals surface area contributed by atoms with Crippen LogP contribution >= 0.6 is 0 Å². The van der Waals surface area contributed by atoms with E-state index < -0.39 is 0 Å². The molecule has 0 spiro atoms. The van der Waals surface area contributed by atoms with Crippen molar-refractivity contribution in [2.75, 3.05) is 0 Å². The van der Waals surface area contributed by atoms with Crippen molar-refractivity contribution in [1.29, 1.82) is 5.41 Å². The highest BCUT2D eigenvalue weighted by Crippen LogP contribution is 2.52. The van der Waals surface area contributed by atoms with Crippen molar-refractivity contribution in [2.24, 2.45) is 4.99 Å². The van der Waals surface area contributed by atoms with Gasteiger partial charge in [-0.2, -0.15) is 0 Å². The van der Waals surface area contributed by atoms with Gasteiger partial charge in [0.2, 0.25) is 0 Å². The summed E-state index contributed by atoms with van der Waals surface area (Å²) >= 11 is 0. The van der Waals surface area contributed by atoms with Crippen LogP contribution in [0.3, 0.4) is 0 Å². The number of hydrogen-bond donors (Lipinski definition) is 1. The largest absolute Gasteiger partial charge is 0.282 e. The summed E-state index contributed by atoms with van der Waals surface area (Å²) in [6, 6.07) is 66.1. The van der Waals surface area contributed by atoms with Crippen molar-refractivity contribution < 1.29 is 0 Å². The van der Waals surface area contributed by atoms with Crippen molar-refractivity contribution in [3.63, 3.8) is 0 Å². The maximum Gasteiger partial charge on any atom is 0.152 e. The highest BCUT2D eigenvalue weighted by molar-refractivity contribution is 6.19. The smallest absolute Gasteiger partial charge is 0.152 e. The molecule has 0 aliphatic heterocycles. The molecule has 0 atom stereocenters. The van der Waals surface area contributed by atoms with Gasteiger partial charge in [0.05, 0.1) is 5.71 Å². The molecule has 1 aliphatic carbocycles. The number of nitrogens with zero attached hydrogens (tertiary/aromatic N) is 1. The van der Waals surface area contributed by atoms with Crippen LogP contribution in [0, 0.1) is 5.41 Å². The number of fused-ring (bicyclic) bond motifs is 4. The number of amidine groups is 1. The Morgan fingerprint density at radius 2 is 1.02 bits per heavy atom. The van der Waals surface area contributed by atoms with Gasteiger partial charge in [0.1, 0.15) is 0 Å². The van der Waals surface area contributed by atoms with E-state index >= 15 is 0 Å². The summed E-state index contributed by atoms with van der Waals surface area (Å²) in [4.78, 5) is 5.04. The molecule has 0 heterocycles. The monoisotopic (exact) mass is 704 g/mol. The van der Waals surface area contributed by atoms with Crippen molar-refractivity contribution in [2.45, 2.75) is 19.3 Å². The van der Waals surface area contributed by atoms with E-state index in [1.807, 2.05) is 42.5 Å². The van der Waals surface area contributed by atoms with E-state index in [1.165, 1.54) is 44.2 Å². The first-order chi connectivity index (χ1) is 27.0. The van der Waals surface area contributed by atoms with Crippen LogP contribution in [-0.4, -0.2) is 11.5 Å². The molecule has 0 bridgehead atoms. The first kappa shape index (κ1) is 33.9. The molecule has 0 amide bonds. The van der Waals surface area contributed by atoms with E-state index in [-0.39, 0.29) is 11.3 Å². The summed E-state index contributed by atoms with van der Waals surface area (Å²) in [6.45, 7) is 4.70. The number of hydrogen-bond acceptors (Lipinski definition) is 1. The molecule has 9 rings (SSSR count). The van der Waals surface area contributed by atoms with Crippen molar-refractivity contribution in [1.82, 2.24) is 0 Å². The molecule has 0 saturated carbocycles. The average Bonchev–Trinajstić information content (AvgIpc) is 3.49. The third kappa shape index (κ3) is 6.32. The van der Waals surface area contributed by atoms with Crippen LogP contribution in [0.25, 0.3) is 61.4 Å². The Labute approximate surface area is 323 Å². The van der Waals surface area contributed by atoms with E-state index in [9.17, 15) is 0 Å². The standard InChI is InChI=1S/C53H40N2/c1-53(2)49-28-15-14-25-46(49)48-27-16-26-47(51(48)53)45-31-29-38(43-23-12-13-24-44(43)45)30-32-50(55-52(54)39-21-10-5-11-22-39)42-34-40(36-17-6-3-7-18-36)33-41(35-42)37-19-8-4-9-20-37/h3-35,54H,1-2H3/b32-30+,54-52?,55-50?. The molecular weight excluding hydrogens is 665 g/mol. The summed E-state index contributed by atoms with van der Waals surface area (Å²) in [5, 5.41) is 11.5. The summed E-state index contributed by atoms with van der Waals surface area (Å²) < 4.78 is 0. The molecule has 55 heavy (non-hydrogen) atoms. The van der Waals surface area contributed by atoms with Crippen molar-refractivity contribution >= 4 is 28.4 Å². The maximum absolute atomic E-state index is 9.10. The van der Waals surface area contributed by atoms with Gasteiger partial charge in [-0.1, -0.05) is 190 Å². The molecule has 0 radical (unpaired) electrons. The Hall–Kier alpha value is -6.90. The number of rotatable bonds is 7. The van der Waals surface area contributed by atoms with Gasteiger partial charge < -0.3 is 0 Å². The molecule has 8 aromatic rings. The van der Waals surface area contributed by atoms with E-state index in [0.717, 1.165) is 44.7 Å². The molecule has 2 nitrogen and oxygen atoms in total. The quantitative estimate of drug-likeness (QED) is 0.127. The molecular formula is C53H40N2. The zero-order chi connectivity index (χ0) is 37.4. The molecule has 0 aromatic heterocycles. The molecule has 8 aromatic carbocycles. The van der Waals surface area contributed by atoms with Crippen molar-refractivity contribution in [3.8, 4) is 44.5 Å². The minimum absolute atomic E-state index is 0.121. The van der Waals surface area contributed by atoms with Crippen LogP contribution in [0.4, 0.5) is 0 Å². The van der Waals surface area contributed by atoms with Crippen LogP contribution in [0.2, 0.25) is 0 Å². The minimum atomic E-state index is -0.121. The van der Waals surface area contributed by atoms with Crippen molar-refractivity contribution in [3.05, 3.63) is 222 Å². The lowest BCUT2D eigenvalue weighted by Crippen LogP contribution is -2.16. The minimum Gasteiger partial charge on any atom is -0.282 e. The fraction of sp³-hybridized carbons (Fsp3) is 0.0566. The molecule has 0 fully saturated rings. The maximum atomic E-state index is 9.10. The lowest BCUT2D eigenvalue weighted by molar-refractivity contribution is 0.662. The Balaban J connectivity index is 1.19. The van der Waals surface area contributed by atoms with E-state index in [2.05, 4.69) is 172 Å². The summed E-state index contributed by atoms with van der Waals surface area (Å²) in [6.07, 6.45) is 4.24. The highest BCUT2D eigenvalue weighted by Gasteiger charge is 2.37. The predicted octanol–water partition coefficient (Wildman–Crippen LogP) is 13.7. The van der Waals surface area contributed by atoms with Gasteiger partial charge in [0.25, 0.3) is 0 Å². The van der Waals surface area contributed by atoms with Crippen LogP contribution < -0.4 is 0 Å². The Morgan fingerprint density at radius 3 is 1.69 bits per heavy atom. The van der Waals surface area contributed by atoms with E-state index in [0.29, 0.717) is 0 Å². The first-order valence-corrected chi connectivity index (χ1v) is 18.9. The fourth-order valence-corrected chi connectivity index (χ4v) is 8.29. The lowest BCUT2D eigenvalue weighted by atomic mass is 9.78. The topological polar surface area (TPSA) is 36.2 Å². The predicted molar refractivity (Wildman–Crippen MR) is 233 cm³/mol. The normalized spacial score (nSPS) is 13.2. The van der Waals surface area contributed by atoms with E-state index in [1.54, 1.807) is 0 Å². The number of allylic oxidation sites excluding steroid dienone is 1. The summed E-state index contributed by atoms with van der Waals surface area (Å²) in [5.41, 5.74) is 15.8. The number of nitrogens with one attached hydrogen (secondary N) is 1. The first-order valence-electron chi connectivity index (χ1n) is 18.9. The fourth-order valence-electron chi connectivity index (χ4n) is 8.29. The summed E-state index contributed by atoms with van der Waals surface area (Å²) in [5.74, 6) is 0.216. The molecule has 1 aliphatic rings. The van der Waals surface area contributed by atoms with Gasteiger partial charge in [-0.05, 0) is 96.2 Å².